The van der Waals surface area contributed by atoms with Gasteiger partial charge in [-0.1, -0.05) is 25.0 Å². The summed E-state index contributed by atoms with van der Waals surface area (Å²) >= 11 is 0. The zero-order valence-electron chi connectivity index (χ0n) is 17.3. The number of ether oxygens (including phenoxy) is 2. The summed E-state index contributed by atoms with van der Waals surface area (Å²) in [4.78, 5) is 11.8. The average Bonchev–Trinajstić information content (AvgIpc) is 3.18. The van der Waals surface area contributed by atoms with E-state index >= 15 is 0 Å². The highest BCUT2D eigenvalue weighted by molar-refractivity contribution is 6.40. The van der Waals surface area contributed by atoms with Gasteiger partial charge in [0.05, 0.1) is 13.2 Å². The number of nitrogens with one attached hydrogen (secondary N) is 1. The molecular formula is C21H33BN2O6. The van der Waals surface area contributed by atoms with E-state index in [2.05, 4.69) is 5.32 Å². The summed E-state index contributed by atoms with van der Waals surface area (Å²) in [5.74, 6) is -0.198. The third kappa shape index (κ3) is 6.18. The van der Waals surface area contributed by atoms with Gasteiger partial charge >= 0.3 is 13.1 Å². The molecule has 1 heterocycles. The second kappa shape index (κ2) is 10.6. The number of nitrogens with two attached hydrogens (primary N) is 1. The Balaban J connectivity index is 1.39. The van der Waals surface area contributed by atoms with Crippen molar-refractivity contribution in [2.24, 2.45) is 11.7 Å². The number of aliphatic carboxylic acids is 1. The predicted octanol–water partition coefficient (Wildman–Crippen LogP) is 1.15. The molecule has 1 aromatic rings. The maximum atomic E-state index is 11.8. The topological polar surface area (TPSA) is 134 Å². The Morgan fingerprint density at radius 3 is 2.60 bits per heavy atom. The van der Waals surface area contributed by atoms with Crippen molar-refractivity contribution in [2.45, 2.75) is 69.1 Å². The van der Waals surface area contributed by atoms with Gasteiger partial charge in [-0.2, -0.15) is 0 Å². The van der Waals surface area contributed by atoms with Crippen LogP contribution in [0, 0.1) is 5.92 Å². The van der Waals surface area contributed by atoms with Crippen molar-refractivity contribution in [1.29, 1.82) is 0 Å². The first-order valence-electron chi connectivity index (χ1n) is 10.8. The molecule has 1 unspecified atom stereocenters. The monoisotopic (exact) mass is 420 g/mol. The minimum absolute atomic E-state index is 0.0732. The maximum absolute atomic E-state index is 11.8. The number of unbranched alkanes of at least 4 members (excludes halogenated alkanes) is 1. The van der Waals surface area contributed by atoms with Crippen molar-refractivity contribution in [2.75, 3.05) is 13.2 Å². The smallest absolute Gasteiger partial charge is 0.451 e. The Morgan fingerprint density at radius 2 is 2.00 bits per heavy atom. The maximum Gasteiger partial charge on any atom is 0.451 e. The summed E-state index contributed by atoms with van der Waals surface area (Å²) in [5.41, 5.74) is 6.14. The molecule has 0 radical (unpaired) electrons. The predicted molar refractivity (Wildman–Crippen MR) is 113 cm³/mol. The summed E-state index contributed by atoms with van der Waals surface area (Å²) in [5, 5.41) is 30.9. The fourth-order valence-electron chi connectivity index (χ4n) is 4.18. The Hall–Kier alpha value is -1.65. The van der Waals surface area contributed by atoms with E-state index in [1.54, 1.807) is 0 Å². The molecule has 1 saturated carbocycles. The van der Waals surface area contributed by atoms with Gasteiger partial charge in [-0.15, -0.1) is 0 Å². The Morgan fingerprint density at radius 1 is 1.27 bits per heavy atom. The lowest BCUT2D eigenvalue weighted by atomic mass is 9.66. The van der Waals surface area contributed by atoms with Crippen LogP contribution in [0.5, 0.6) is 5.75 Å². The van der Waals surface area contributed by atoms with Crippen molar-refractivity contribution in [1.82, 2.24) is 5.32 Å². The van der Waals surface area contributed by atoms with Gasteiger partial charge < -0.3 is 35.7 Å². The molecule has 3 rings (SSSR count). The second-order valence-corrected chi connectivity index (χ2v) is 8.57. The van der Waals surface area contributed by atoms with Crippen LogP contribution in [0.25, 0.3) is 0 Å². The molecule has 2 aliphatic rings. The van der Waals surface area contributed by atoms with Crippen molar-refractivity contribution in [3.8, 4) is 5.75 Å². The highest BCUT2D eigenvalue weighted by Gasteiger charge is 2.48. The molecule has 6 N–H and O–H groups in total. The van der Waals surface area contributed by atoms with Crippen LogP contribution in [0.3, 0.4) is 0 Å². The molecule has 2 fully saturated rings. The average molecular weight is 420 g/mol. The van der Waals surface area contributed by atoms with E-state index in [1.807, 2.05) is 24.3 Å². The van der Waals surface area contributed by atoms with E-state index in [9.17, 15) is 9.90 Å². The highest BCUT2D eigenvalue weighted by atomic mass is 16.5. The largest absolute Gasteiger partial charge is 0.488 e. The van der Waals surface area contributed by atoms with E-state index in [-0.39, 0.29) is 24.4 Å². The molecule has 0 aromatic heterocycles. The Labute approximate surface area is 177 Å². The van der Waals surface area contributed by atoms with Crippen molar-refractivity contribution < 1.29 is 29.4 Å². The number of hydrogen-bond donors (Lipinski definition) is 5. The van der Waals surface area contributed by atoms with Crippen molar-refractivity contribution in [3.63, 3.8) is 0 Å². The van der Waals surface area contributed by atoms with Gasteiger partial charge in [-0.05, 0) is 49.2 Å². The van der Waals surface area contributed by atoms with E-state index in [4.69, 9.17) is 25.3 Å². The van der Waals surface area contributed by atoms with Crippen LogP contribution >= 0.6 is 0 Å². The molecule has 30 heavy (non-hydrogen) atoms. The number of benzene rings is 1. The molecule has 0 bridgehead atoms. The fraction of sp³-hybridized carbons (Fsp3) is 0.667. The lowest BCUT2D eigenvalue weighted by molar-refractivity contribution is -0.148. The van der Waals surface area contributed by atoms with Crippen LogP contribution in [-0.2, 0) is 16.1 Å². The molecule has 9 heteroatoms. The van der Waals surface area contributed by atoms with Gasteiger partial charge in [0.25, 0.3) is 0 Å². The first-order valence-corrected chi connectivity index (χ1v) is 10.8. The summed E-state index contributed by atoms with van der Waals surface area (Å²) in [6.45, 7) is 2.12. The normalized spacial score (nSPS) is 25.4. The van der Waals surface area contributed by atoms with Crippen LogP contribution < -0.4 is 15.8 Å². The fourth-order valence-corrected chi connectivity index (χ4v) is 4.18. The molecule has 1 aliphatic heterocycles. The molecule has 8 nitrogen and oxygen atoms in total. The molecule has 2 atom stereocenters. The summed E-state index contributed by atoms with van der Waals surface area (Å²) in [6, 6.07) is 8.26. The van der Waals surface area contributed by atoms with Crippen molar-refractivity contribution >= 4 is 13.1 Å². The molecule has 1 aliphatic carbocycles. The lowest BCUT2D eigenvalue weighted by Crippen LogP contribution is -2.61. The molecule has 0 amide bonds. The van der Waals surface area contributed by atoms with Crippen molar-refractivity contribution in [3.05, 3.63) is 29.8 Å². The summed E-state index contributed by atoms with van der Waals surface area (Å²) in [6.07, 6.45) is 4.22. The second-order valence-electron chi connectivity index (χ2n) is 8.57. The van der Waals surface area contributed by atoms with Crippen LogP contribution in [-0.4, -0.2) is 59.1 Å². The van der Waals surface area contributed by atoms with Gasteiger partial charge in [0.15, 0.2) is 0 Å². The van der Waals surface area contributed by atoms with Gasteiger partial charge in [0.2, 0.25) is 0 Å². The lowest BCUT2D eigenvalue weighted by Gasteiger charge is -2.45. The van der Waals surface area contributed by atoms with Gasteiger partial charge in [-0.3, -0.25) is 4.79 Å². The van der Waals surface area contributed by atoms with Gasteiger partial charge in [-0.25, -0.2) is 0 Å². The third-order valence-corrected chi connectivity index (χ3v) is 6.28. The van der Waals surface area contributed by atoms with Crippen LogP contribution in [0.4, 0.5) is 0 Å². The number of rotatable bonds is 12. The van der Waals surface area contributed by atoms with E-state index in [1.165, 1.54) is 0 Å². The van der Waals surface area contributed by atoms with Crippen LogP contribution in [0.15, 0.2) is 24.3 Å². The zero-order chi connectivity index (χ0) is 21.6. The van der Waals surface area contributed by atoms with E-state index < -0.39 is 18.6 Å². The standard InChI is InChI=1S/C21H33BN2O6/c23-21(20(25)26,8-1-2-9-22(27)28)16-11-17(12-16)24-13-15-3-5-18(6-4-15)30-19-7-10-29-14-19/h3-6,16-17,19,24,27-28H,1-2,7-14,23H2,(H,25,26)/t16?,17?,19?,21-/m0/s1. The number of carboxylic acids is 1. The number of carboxylic acid groups (broad SMARTS) is 1. The summed E-state index contributed by atoms with van der Waals surface area (Å²) in [7, 11) is -1.35. The quantitative estimate of drug-likeness (QED) is 0.251. The minimum Gasteiger partial charge on any atom is -0.488 e. The minimum atomic E-state index is -1.35. The van der Waals surface area contributed by atoms with Crippen LogP contribution in [0.2, 0.25) is 6.32 Å². The molecule has 0 spiro atoms. The zero-order valence-corrected chi connectivity index (χ0v) is 17.3. The van der Waals surface area contributed by atoms with Crippen LogP contribution in [0.1, 0.15) is 44.1 Å². The molecule has 166 valence electrons. The SMILES string of the molecule is N[C@](CCCCB(O)O)(C(=O)O)C1CC(NCc2ccc(OC3CCOC3)cc2)C1. The van der Waals surface area contributed by atoms with Gasteiger partial charge in [0.1, 0.15) is 17.4 Å². The summed E-state index contributed by atoms with van der Waals surface area (Å²) < 4.78 is 11.2. The van der Waals surface area contributed by atoms with E-state index in [0.29, 0.717) is 32.4 Å². The number of carbonyl (C=O) groups is 1. The molecular weight excluding hydrogens is 387 g/mol. The highest BCUT2D eigenvalue weighted by Crippen LogP contribution is 2.38. The van der Waals surface area contributed by atoms with Gasteiger partial charge in [0, 0.05) is 19.0 Å². The number of hydrogen-bond acceptors (Lipinski definition) is 7. The Bertz CT molecular complexity index is 677. The Kier molecular flexibility index (Phi) is 8.13. The molecule has 1 aromatic carbocycles. The third-order valence-electron chi connectivity index (χ3n) is 6.28. The first kappa shape index (κ1) is 23.0. The first-order chi connectivity index (χ1) is 14.4. The molecule has 1 saturated heterocycles. The van der Waals surface area contributed by atoms with E-state index in [0.717, 1.165) is 37.2 Å².